The third-order valence-electron chi connectivity index (χ3n) is 6.44. The number of hydrogen-bond acceptors (Lipinski definition) is 5. The number of carbonyl (C=O) groups is 3. The summed E-state index contributed by atoms with van der Waals surface area (Å²) in [5.41, 5.74) is 2.84. The molecule has 0 fully saturated rings. The number of unbranched alkanes of at least 4 members (excludes halogenated alkanes) is 4. The fraction of sp³-hybridized carbons (Fsp3) is 0.414. The van der Waals surface area contributed by atoms with Crippen molar-refractivity contribution < 1.29 is 23.9 Å². The second-order valence-corrected chi connectivity index (χ2v) is 9.02. The molecule has 1 aliphatic rings. The first kappa shape index (κ1) is 27.0. The number of carbonyl (C=O) groups excluding carboxylic acids is 3. The van der Waals surface area contributed by atoms with Crippen LogP contribution in [0.25, 0.3) is 0 Å². The quantitative estimate of drug-likeness (QED) is 0.258. The van der Waals surface area contributed by atoms with E-state index in [0.717, 1.165) is 48.8 Å². The maximum atomic E-state index is 13.4. The molecule has 192 valence electrons. The highest BCUT2D eigenvalue weighted by molar-refractivity contribution is 5.90. The number of ether oxygens (including phenoxy) is 2. The highest BCUT2D eigenvalue weighted by Crippen LogP contribution is 2.25. The lowest BCUT2D eigenvalue weighted by atomic mass is 9.93. The van der Waals surface area contributed by atoms with E-state index in [2.05, 4.69) is 11.9 Å². The highest BCUT2D eigenvalue weighted by Gasteiger charge is 2.37. The van der Waals surface area contributed by atoms with Crippen LogP contribution < -0.4 is 5.32 Å². The average Bonchev–Trinajstić information content (AvgIpc) is 2.92. The molecule has 7 nitrogen and oxygen atoms in total. The summed E-state index contributed by atoms with van der Waals surface area (Å²) in [6, 6.07) is 15.6. The molecule has 2 amide bonds. The van der Waals surface area contributed by atoms with Gasteiger partial charge in [-0.3, -0.25) is 9.69 Å². The minimum absolute atomic E-state index is 0.114. The first-order chi connectivity index (χ1) is 17.5. The number of benzene rings is 2. The number of rotatable bonds is 12. The van der Waals surface area contributed by atoms with Gasteiger partial charge in [-0.15, -0.1) is 6.58 Å². The van der Waals surface area contributed by atoms with Crippen LogP contribution in [0.2, 0.25) is 0 Å². The minimum Gasteiger partial charge on any atom is -0.467 e. The largest absolute Gasteiger partial charge is 0.467 e. The molecule has 0 bridgehead atoms. The number of methoxy groups -OCH3 is 1. The van der Waals surface area contributed by atoms with Crippen LogP contribution in [-0.4, -0.2) is 42.1 Å². The molecule has 3 rings (SSSR count). The van der Waals surface area contributed by atoms with Crippen molar-refractivity contribution in [3.63, 3.8) is 0 Å². The third kappa shape index (κ3) is 7.70. The van der Waals surface area contributed by atoms with Crippen molar-refractivity contribution in [2.75, 3.05) is 7.11 Å². The topological polar surface area (TPSA) is 84.9 Å². The summed E-state index contributed by atoms with van der Waals surface area (Å²) in [5.74, 6) is -0.868. The zero-order valence-corrected chi connectivity index (χ0v) is 21.0. The highest BCUT2D eigenvalue weighted by atomic mass is 16.6. The summed E-state index contributed by atoms with van der Waals surface area (Å²) < 4.78 is 10.5. The van der Waals surface area contributed by atoms with E-state index in [1.165, 1.54) is 12.0 Å². The predicted octanol–water partition coefficient (Wildman–Crippen LogP) is 4.93. The third-order valence-corrected chi connectivity index (χ3v) is 6.44. The Labute approximate surface area is 213 Å². The zero-order valence-electron chi connectivity index (χ0n) is 21.0. The Kier molecular flexibility index (Phi) is 10.5. The summed E-state index contributed by atoms with van der Waals surface area (Å²) in [6.07, 6.45) is 6.96. The van der Waals surface area contributed by atoms with Crippen LogP contribution >= 0.6 is 0 Å². The van der Waals surface area contributed by atoms with Gasteiger partial charge < -0.3 is 14.8 Å². The van der Waals surface area contributed by atoms with E-state index >= 15 is 0 Å². The molecule has 2 aromatic carbocycles. The van der Waals surface area contributed by atoms with Crippen LogP contribution in [0.5, 0.6) is 0 Å². The van der Waals surface area contributed by atoms with Gasteiger partial charge in [-0.05, 0) is 36.0 Å². The van der Waals surface area contributed by atoms with Gasteiger partial charge in [0.05, 0.1) is 13.7 Å². The van der Waals surface area contributed by atoms with Crippen LogP contribution in [0.1, 0.15) is 55.2 Å². The lowest BCUT2D eigenvalue weighted by molar-refractivity contribution is -0.146. The molecular weight excluding hydrogens is 456 g/mol. The number of fused-ring (bicyclic) bond motifs is 1. The fourth-order valence-corrected chi connectivity index (χ4v) is 4.40. The molecule has 0 aromatic heterocycles. The van der Waals surface area contributed by atoms with Gasteiger partial charge in [-0.2, -0.15) is 0 Å². The van der Waals surface area contributed by atoms with Gasteiger partial charge in [-0.1, -0.05) is 79.9 Å². The van der Waals surface area contributed by atoms with E-state index in [0.29, 0.717) is 12.8 Å². The molecular formula is C29H36N2O5. The first-order valence-electron chi connectivity index (χ1n) is 12.6. The maximum absolute atomic E-state index is 13.4. The van der Waals surface area contributed by atoms with E-state index in [9.17, 15) is 14.4 Å². The van der Waals surface area contributed by atoms with Gasteiger partial charge in [0.1, 0.15) is 18.7 Å². The molecule has 0 aliphatic carbocycles. The van der Waals surface area contributed by atoms with Gasteiger partial charge in [0.15, 0.2) is 0 Å². The summed E-state index contributed by atoms with van der Waals surface area (Å²) in [7, 11) is 1.32. The number of allylic oxidation sites excluding steroid dienone is 1. The molecule has 0 unspecified atom stereocenters. The lowest BCUT2D eigenvalue weighted by Crippen LogP contribution is -2.55. The number of nitrogens with zero attached hydrogens (tertiary/aromatic N) is 1. The standard InChI is InChI=1S/C29H36N2O5/c1-3-4-5-6-7-11-18-25(28(33)35-2)30-27(32)26-19-23-16-12-13-17-24(23)20-31(26)29(34)36-21-22-14-9-8-10-15-22/h3,8-10,12-17,25-26H,1,4-7,11,18-21H2,2H3,(H,30,32)/t25-,26+/m1/s1. The van der Waals surface area contributed by atoms with Crippen molar-refractivity contribution in [1.29, 1.82) is 0 Å². The number of amides is 2. The van der Waals surface area contributed by atoms with Gasteiger partial charge >= 0.3 is 12.1 Å². The van der Waals surface area contributed by atoms with Crippen molar-refractivity contribution in [1.82, 2.24) is 10.2 Å². The Balaban J connectivity index is 1.68. The van der Waals surface area contributed by atoms with Gasteiger partial charge in [0.25, 0.3) is 0 Å². The summed E-state index contributed by atoms with van der Waals surface area (Å²) >= 11 is 0. The molecule has 0 spiro atoms. The Bertz CT molecular complexity index is 1020. The second-order valence-electron chi connectivity index (χ2n) is 9.02. The monoisotopic (exact) mass is 492 g/mol. The van der Waals surface area contributed by atoms with Crippen molar-refractivity contribution in [3.05, 3.63) is 83.9 Å². The Morgan fingerprint density at radius 3 is 2.44 bits per heavy atom. The van der Waals surface area contributed by atoms with Crippen LogP contribution in [0, 0.1) is 0 Å². The summed E-state index contributed by atoms with van der Waals surface area (Å²) in [6.45, 7) is 4.10. The molecule has 1 heterocycles. The van der Waals surface area contributed by atoms with E-state index in [1.807, 2.05) is 60.7 Å². The minimum atomic E-state index is -0.789. The molecule has 36 heavy (non-hydrogen) atoms. The Morgan fingerprint density at radius 2 is 1.72 bits per heavy atom. The number of nitrogens with one attached hydrogen (secondary N) is 1. The Morgan fingerprint density at radius 1 is 1.03 bits per heavy atom. The van der Waals surface area contributed by atoms with Gasteiger partial charge in [0, 0.05) is 6.42 Å². The molecule has 0 saturated heterocycles. The van der Waals surface area contributed by atoms with Gasteiger partial charge in [0.2, 0.25) is 5.91 Å². The molecule has 1 aliphatic heterocycles. The van der Waals surface area contributed by atoms with Crippen LogP contribution in [0.15, 0.2) is 67.3 Å². The van der Waals surface area contributed by atoms with E-state index < -0.39 is 24.1 Å². The normalized spacial score (nSPS) is 15.4. The molecule has 7 heteroatoms. The Hall–Kier alpha value is -3.61. The van der Waals surface area contributed by atoms with Crippen LogP contribution in [0.3, 0.4) is 0 Å². The predicted molar refractivity (Wildman–Crippen MR) is 138 cm³/mol. The average molecular weight is 493 g/mol. The number of esters is 1. The van der Waals surface area contributed by atoms with Crippen molar-refractivity contribution in [3.8, 4) is 0 Å². The smallest absolute Gasteiger partial charge is 0.411 e. The van der Waals surface area contributed by atoms with E-state index in [-0.39, 0.29) is 19.1 Å². The maximum Gasteiger partial charge on any atom is 0.411 e. The lowest BCUT2D eigenvalue weighted by Gasteiger charge is -2.35. The molecule has 0 radical (unpaired) electrons. The van der Waals surface area contributed by atoms with Gasteiger partial charge in [-0.25, -0.2) is 9.59 Å². The molecule has 2 aromatic rings. The number of hydrogen-bond donors (Lipinski definition) is 1. The molecule has 1 N–H and O–H groups in total. The zero-order chi connectivity index (χ0) is 25.8. The van der Waals surface area contributed by atoms with Crippen molar-refractivity contribution >= 4 is 18.0 Å². The SMILES string of the molecule is C=CCCCCCC[C@@H](NC(=O)[C@@H]1Cc2ccccc2CN1C(=O)OCc1ccccc1)C(=O)OC. The first-order valence-corrected chi connectivity index (χ1v) is 12.6. The molecule has 0 saturated carbocycles. The van der Waals surface area contributed by atoms with E-state index in [1.54, 1.807) is 0 Å². The van der Waals surface area contributed by atoms with Crippen molar-refractivity contribution in [2.24, 2.45) is 0 Å². The molecule has 2 atom stereocenters. The summed E-state index contributed by atoms with van der Waals surface area (Å²) in [5, 5.41) is 2.85. The second kappa shape index (κ2) is 14.1. The summed E-state index contributed by atoms with van der Waals surface area (Å²) in [4.78, 5) is 40.4. The van der Waals surface area contributed by atoms with E-state index in [4.69, 9.17) is 9.47 Å². The van der Waals surface area contributed by atoms with Crippen molar-refractivity contribution in [2.45, 2.75) is 70.2 Å². The fourth-order valence-electron chi connectivity index (χ4n) is 4.40. The van der Waals surface area contributed by atoms with Crippen LogP contribution in [-0.2, 0) is 38.6 Å². The van der Waals surface area contributed by atoms with Crippen LogP contribution in [0.4, 0.5) is 4.79 Å².